The Bertz CT molecular complexity index is 992. The monoisotopic (exact) mass is 488 g/mol. The number of hydrogen-bond donors (Lipinski definition) is 0. The largest absolute Gasteiger partial charge is 0.353 e. The summed E-state index contributed by atoms with van der Waals surface area (Å²) in [5.74, 6) is 1.70. The Morgan fingerprint density at radius 1 is 0.964 bits per heavy atom. The molecule has 0 N–H and O–H groups in total. The van der Waals surface area contributed by atoms with E-state index in [0.717, 1.165) is 45.2 Å². The van der Waals surface area contributed by atoms with Gasteiger partial charge in [0.1, 0.15) is 12.1 Å². The topological polar surface area (TPSA) is 67.2 Å². The highest BCUT2D eigenvalue weighted by atomic mass is 127. The summed E-state index contributed by atoms with van der Waals surface area (Å²) in [5.41, 5.74) is 2.73. The van der Waals surface area contributed by atoms with Gasteiger partial charge in [-0.15, -0.1) is 0 Å². The third kappa shape index (κ3) is 3.87. The van der Waals surface area contributed by atoms with Crippen molar-refractivity contribution in [3.8, 4) is 5.82 Å². The third-order valence-electron chi connectivity index (χ3n) is 4.85. The van der Waals surface area contributed by atoms with Crippen molar-refractivity contribution in [1.82, 2.24) is 24.6 Å². The number of nitrogens with zero attached hydrogens (tertiary/aromatic N) is 6. The van der Waals surface area contributed by atoms with Gasteiger partial charge < -0.3 is 9.80 Å². The lowest BCUT2D eigenvalue weighted by Gasteiger charge is -2.35. The molecule has 1 aromatic carbocycles. The molecule has 1 amide bonds. The van der Waals surface area contributed by atoms with Gasteiger partial charge in [-0.2, -0.15) is 5.10 Å². The van der Waals surface area contributed by atoms with E-state index in [4.69, 9.17) is 0 Å². The van der Waals surface area contributed by atoms with Crippen molar-refractivity contribution in [3.63, 3.8) is 0 Å². The molecule has 0 radical (unpaired) electrons. The standard InChI is InChI=1S/C20H21IN6O/c1-14-11-15(2)27(24-14)19-12-18(22-13-23-19)25-7-9-26(10-8-25)20(28)16-3-5-17(21)6-4-16/h3-6,11-13H,7-10H2,1-2H3. The highest BCUT2D eigenvalue weighted by molar-refractivity contribution is 14.1. The average molecular weight is 488 g/mol. The number of hydrogen-bond acceptors (Lipinski definition) is 5. The van der Waals surface area contributed by atoms with Crippen LogP contribution in [0, 0.1) is 17.4 Å². The molecule has 0 bridgehead atoms. The smallest absolute Gasteiger partial charge is 0.253 e. The first kappa shape index (κ1) is 18.9. The number of aromatic nitrogens is 4. The number of carbonyl (C=O) groups excluding carboxylic acids is 1. The van der Waals surface area contributed by atoms with Crippen LogP contribution in [0.5, 0.6) is 0 Å². The van der Waals surface area contributed by atoms with E-state index in [1.54, 1.807) is 6.33 Å². The minimum Gasteiger partial charge on any atom is -0.353 e. The van der Waals surface area contributed by atoms with E-state index in [1.165, 1.54) is 0 Å². The lowest BCUT2D eigenvalue weighted by molar-refractivity contribution is 0.0746. The van der Waals surface area contributed by atoms with Crippen LogP contribution in [0.3, 0.4) is 0 Å². The van der Waals surface area contributed by atoms with Crippen molar-refractivity contribution in [1.29, 1.82) is 0 Å². The van der Waals surface area contributed by atoms with E-state index in [0.29, 0.717) is 13.1 Å². The minimum absolute atomic E-state index is 0.0852. The first-order valence-corrected chi connectivity index (χ1v) is 10.2. The summed E-state index contributed by atoms with van der Waals surface area (Å²) in [5, 5.41) is 4.50. The van der Waals surface area contributed by atoms with Crippen molar-refractivity contribution >= 4 is 34.3 Å². The van der Waals surface area contributed by atoms with Gasteiger partial charge in [0, 0.05) is 47.1 Å². The van der Waals surface area contributed by atoms with Crippen LogP contribution in [0.1, 0.15) is 21.7 Å². The van der Waals surface area contributed by atoms with E-state index in [1.807, 2.05) is 59.8 Å². The van der Waals surface area contributed by atoms with Crippen LogP contribution in [0.25, 0.3) is 5.82 Å². The summed E-state index contributed by atoms with van der Waals surface area (Å²) in [4.78, 5) is 25.6. The van der Waals surface area contributed by atoms with Gasteiger partial charge in [0.15, 0.2) is 5.82 Å². The second kappa shape index (κ2) is 7.86. The molecule has 1 saturated heterocycles. The Balaban J connectivity index is 1.45. The molecule has 0 aliphatic carbocycles. The lowest BCUT2D eigenvalue weighted by atomic mass is 10.2. The maximum atomic E-state index is 12.7. The van der Waals surface area contributed by atoms with Gasteiger partial charge in [-0.3, -0.25) is 4.79 Å². The van der Waals surface area contributed by atoms with Crippen LogP contribution in [0.4, 0.5) is 5.82 Å². The molecule has 1 fully saturated rings. The molecule has 0 atom stereocenters. The van der Waals surface area contributed by atoms with E-state index >= 15 is 0 Å². The fourth-order valence-corrected chi connectivity index (χ4v) is 3.76. The van der Waals surface area contributed by atoms with Gasteiger partial charge in [-0.25, -0.2) is 14.6 Å². The van der Waals surface area contributed by atoms with Crippen molar-refractivity contribution in [2.24, 2.45) is 0 Å². The summed E-state index contributed by atoms with van der Waals surface area (Å²) in [6, 6.07) is 11.7. The molecule has 7 nitrogen and oxygen atoms in total. The fraction of sp³-hybridized carbons (Fsp3) is 0.300. The number of halogens is 1. The molecule has 3 aromatic rings. The molecular formula is C20H21IN6O. The molecule has 0 spiro atoms. The Morgan fingerprint density at radius 3 is 2.29 bits per heavy atom. The Hall–Kier alpha value is -2.49. The first-order chi connectivity index (χ1) is 13.5. The number of carbonyl (C=O) groups is 1. The second-order valence-electron chi connectivity index (χ2n) is 6.86. The van der Waals surface area contributed by atoms with Gasteiger partial charge in [0.05, 0.1) is 5.69 Å². The number of piperazine rings is 1. The quantitative estimate of drug-likeness (QED) is 0.531. The van der Waals surface area contributed by atoms with Crippen molar-refractivity contribution in [3.05, 3.63) is 63.2 Å². The van der Waals surface area contributed by atoms with Crippen LogP contribution < -0.4 is 4.90 Å². The maximum Gasteiger partial charge on any atom is 0.253 e. The molecule has 3 heterocycles. The molecule has 0 unspecified atom stereocenters. The van der Waals surface area contributed by atoms with Crippen LogP contribution >= 0.6 is 22.6 Å². The maximum absolute atomic E-state index is 12.7. The molecule has 1 aliphatic rings. The summed E-state index contributed by atoms with van der Waals surface area (Å²) in [6.45, 7) is 6.80. The predicted octanol–water partition coefficient (Wildman–Crippen LogP) is 2.85. The molecule has 1 aliphatic heterocycles. The fourth-order valence-electron chi connectivity index (χ4n) is 3.40. The van der Waals surface area contributed by atoms with E-state index < -0.39 is 0 Å². The van der Waals surface area contributed by atoms with Gasteiger partial charge in [0.2, 0.25) is 0 Å². The van der Waals surface area contributed by atoms with Crippen LogP contribution in [-0.2, 0) is 0 Å². The van der Waals surface area contributed by atoms with E-state index in [-0.39, 0.29) is 5.91 Å². The molecule has 2 aromatic heterocycles. The average Bonchev–Trinajstić information content (AvgIpc) is 3.06. The predicted molar refractivity (Wildman–Crippen MR) is 116 cm³/mol. The summed E-state index contributed by atoms with van der Waals surface area (Å²) < 4.78 is 2.96. The summed E-state index contributed by atoms with van der Waals surface area (Å²) in [6.07, 6.45) is 1.57. The SMILES string of the molecule is Cc1cc(C)n(-c2cc(N3CCN(C(=O)c4ccc(I)cc4)CC3)ncn2)n1. The molecule has 28 heavy (non-hydrogen) atoms. The van der Waals surface area contributed by atoms with Crippen molar-refractivity contribution in [2.45, 2.75) is 13.8 Å². The van der Waals surface area contributed by atoms with Crippen molar-refractivity contribution in [2.75, 3.05) is 31.1 Å². The number of rotatable bonds is 3. The van der Waals surface area contributed by atoms with E-state index in [2.05, 4.69) is 42.6 Å². The number of amides is 1. The third-order valence-corrected chi connectivity index (χ3v) is 5.57. The molecule has 8 heteroatoms. The zero-order valence-corrected chi connectivity index (χ0v) is 18.0. The summed E-state index contributed by atoms with van der Waals surface area (Å²) in [7, 11) is 0. The number of benzene rings is 1. The normalized spacial score (nSPS) is 14.4. The highest BCUT2D eigenvalue weighted by Gasteiger charge is 2.23. The highest BCUT2D eigenvalue weighted by Crippen LogP contribution is 2.18. The lowest BCUT2D eigenvalue weighted by Crippen LogP contribution is -2.49. The summed E-state index contributed by atoms with van der Waals surface area (Å²) >= 11 is 2.24. The Labute approximate surface area is 177 Å². The van der Waals surface area contributed by atoms with Gasteiger partial charge >= 0.3 is 0 Å². The zero-order valence-electron chi connectivity index (χ0n) is 15.8. The van der Waals surface area contributed by atoms with Crippen LogP contribution in [0.2, 0.25) is 0 Å². The van der Waals surface area contributed by atoms with E-state index in [9.17, 15) is 4.79 Å². The van der Waals surface area contributed by atoms with Gasteiger partial charge in [0.25, 0.3) is 5.91 Å². The Kier molecular flexibility index (Phi) is 5.29. The number of aryl methyl sites for hydroxylation is 2. The van der Waals surface area contributed by atoms with Gasteiger partial charge in [-0.05, 0) is 66.8 Å². The molecule has 0 saturated carbocycles. The first-order valence-electron chi connectivity index (χ1n) is 9.17. The molecule has 4 rings (SSSR count). The van der Waals surface area contributed by atoms with Crippen molar-refractivity contribution < 1.29 is 4.79 Å². The number of anilines is 1. The second-order valence-corrected chi connectivity index (χ2v) is 8.11. The minimum atomic E-state index is 0.0852. The van der Waals surface area contributed by atoms with Crippen LogP contribution in [-0.4, -0.2) is 56.7 Å². The Morgan fingerprint density at radius 2 is 1.64 bits per heavy atom. The molecule has 144 valence electrons. The molecular weight excluding hydrogens is 467 g/mol. The van der Waals surface area contributed by atoms with Gasteiger partial charge in [-0.1, -0.05) is 0 Å². The van der Waals surface area contributed by atoms with Crippen LogP contribution in [0.15, 0.2) is 42.7 Å². The zero-order chi connectivity index (χ0) is 19.7.